The van der Waals surface area contributed by atoms with Gasteiger partial charge in [-0.05, 0) is 36.8 Å². The molecule has 1 aliphatic rings. The first-order valence-corrected chi connectivity index (χ1v) is 13.7. The maximum Gasteiger partial charge on any atom is 0.314 e. The zero-order chi connectivity index (χ0) is 27.4. The van der Waals surface area contributed by atoms with Crippen LogP contribution in [0.1, 0.15) is 37.3 Å². The van der Waals surface area contributed by atoms with Gasteiger partial charge in [0.05, 0.1) is 18.0 Å². The van der Waals surface area contributed by atoms with Crippen LogP contribution in [0, 0.1) is 5.82 Å². The Morgan fingerprint density at radius 3 is 2.45 bits per heavy atom. The number of sulfonamides is 1. The largest absolute Gasteiger partial charge is 0.415 e. The number of hydrogen-bond donors (Lipinski definition) is 0. The van der Waals surface area contributed by atoms with Crippen molar-refractivity contribution in [2.45, 2.75) is 33.4 Å². The van der Waals surface area contributed by atoms with Crippen LogP contribution < -0.4 is 4.31 Å². The third-order valence-corrected chi connectivity index (χ3v) is 8.11. The number of nitrogens with zero attached hydrogens (tertiary/aromatic N) is 5. The summed E-state index contributed by atoms with van der Waals surface area (Å²) in [6.07, 6.45) is -2.95. The van der Waals surface area contributed by atoms with E-state index in [4.69, 9.17) is 4.42 Å². The normalized spacial score (nSPS) is 14.7. The first kappa shape index (κ1) is 27.6. The minimum atomic E-state index is -3.78. The second-order valence-corrected chi connectivity index (χ2v) is 11.1. The van der Waals surface area contributed by atoms with E-state index in [-0.39, 0.29) is 35.2 Å². The summed E-state index contributed by atoms with van der Waals surface area (Å²) in [6, 6.07) is 10.9. The predicted octanol–water partition coefficient (Wildman–Crippen LogP) is 3.83. The molecule has 13 heteroatoms. The highest BCUT2D eigenvalue weighted by Gasteiger charge is 2.24. The van der Waals surface area contributed by atoms with Crippen LogP contribution in [0.5, 0.6) is 0 Å². The Hall–Kier alpha value is -3.45. The first-order chi connectivity index (χ1) is 18.1. The van der Waals surface area contributed by atoms with Crippen molar-refractivity contribution in [3.63, 3.8) is 0 Å². The SMILES string of the molecule is CCS(=O)(=O)N(Cc1ccc(-c2nnc(C(F)F)o2)cc1F)c1cccc(CN2CCN(C(C)=O)CC2)c1. The molecular weight excluding hydrogens is 523 g/mol. The maximum absolute atomic E-state index is 15.1. The summed E-state index contributed by atoms with van der Waals surface area (Å²) >= 11 is 0. The van der Waals surface area contributed by atoms with Gasteiger partial charge in [-0.2, -0.15) is 8.78 Å². The number of amides is 1. The first-order valence-electron chi connectivity index (χ1n) is 12.0. The minimum Gasteiger partial charge on any atom is -0.415 e. The average Bonchev–Trinajstić information content (AvgIpc) is 3.39. The van der Waals surface area contributed by atoms with Crippen molar-refractivity contribution < 1.29 is 30.8 Å². The van der Waals surface area contributed by atoms with Crippen molar-refractivity contribution in [1.29, 1.82) is 0 Å². The van der Waals surface area contributed by atoms with Crippen molar-refractivity contribution >= 4 is 21.6 Å². The van der Waals surface area contributed by atoms with E-state index in [9.17, 15) is 22.0 Å². The zero-order valence-electron chi connectivity index (χ0n) is 21.0. The van der Waals surface area contributed by atoms with Crippen molar-refractivity contribution in [2.24, 2.45) is 0 Å². The van der Waals surface area contributed by atoms with Crippen molar-refractivity contribution in [1.82, 2.24) is 20.0 Å². The number of halogens is 3. The van der Waals surface area contributed by atoms with Gasteiger partial charge in [0.2, 0.25) is 21.8 Å². The number of piperazine rings is 1. The lowest BCUT2D eigenvalue weighted by Gasteiger charge is -2.34. The Kier molecular flexibility index (Phi) is 8.36. The van der Waals surface area contributed by atoms with Gasteiger partial charge in [-0.15, -0.1) is 10.2 Å². The zero-order valence-corrected chi connectivity index (χ0v) is 21.8. The van der Waals surface area contributed by atoms with E-state index in [2.05, 4.69) is 15.1 Å². The van der Waals surface area contributed by atoms with E-state index in [1.54, 1.807) is 30.0 Å². The van der Waals surface area contributed by atoms with E-state index in [1.807, 2.05) is 6.07 Å². The fourth-order valence-electron chi connectivity index (χ4n) is 4.20. The van der Waals surface area contributed by atoms with Gasteiger partial charge in [0.1, 0.15) is 5.82 Å². The molecule has 2 heterocycles. The lowest BCUT2D eigenvalue weighted by atomic mass is 10.1. The number of carbonyl (C=O) groups excluding carboxylic acids is 1. The second kappa shape index (κ2) is 11.5. The summed E-state index contributed by atoms with van der Waals surface area (Å²) in [6.45, 7) is 6.04. The van der Waals surface area contributed by atoms with Gasteiger partial charge in [-0.1, -0.05) is 18.2 Å². The summed E-state index contributed by atoms with van der Waals surface area (Å²) in [7, 11) is -3.78. The molecule has 9 nitrogen and oxygen atoms in total. The van der Waals surface area contributed by atoms with Crippen LogP contribution in [0.2, 0.25) is 0 Å². The molecule has 0 aliphatic carbocycles. The molecule has 204 valence electrons. The van der Waals surface area contributed by atoms with Gasteiger partial charge in [-0.3, -0.25) is 14.0 Å². The van der Waals surface area contributed by atoms with E-state index >= 15 is 4.39 Å². The molecule has 0 saturated carbocycles. The van der Waals surface area contributed by atoms with Crippen LogP contribution in [-0.4, -0.2) is 66.3 Å². The van der Waals surface area contributed by atoms with Gasteiger partial charge in [0.25, 0.3) is 5.89 Å². The number of benzene rings is 2. The molecule has 0 atom stereocenters. The molecule has 2 aromatic carbocycles. The van der Waals surface area contributed by atoms with E-state index in [0.29, 0.717) is 38.4 Å². The number of anilines is 1. The summed E-state index contributed by atoms with van der Waals surface area (Å²) < 4.78 is 72.6. The van der Waals surface area contributed by atoms with Crippen LogP contribution in [0.4, 0.5) is 18.9 Å². The molecule has 1 saturated heterocycles. The number of hydrogen-bond acceptors (Lipinski definition) is 7. The Labute approximate surface area is 218 Å². The van der Waals surface area contributed by atoms with Gasteiger partial charge in [0, 0.05) is 50.8 Å². The Bertz CT molecular complexity index is 1390. The number of aromatic nitrogens is 2. The summed E-state index contributed by atoms with van der Waals surface area (Å²) in [5.41, 5.74) is 1.47. The van der Waals surface area contributed by atoms with Gasteiger partial charge >= 0.3 is 6.43 Å². The molecule has 0 unspecified atom stereocenters. The molecule has 0 N–H and O–H groups in total. The Balaban J connectivity index is 1.54. The van der Waals surface area contributed by atoms with Crippen LogP contribution in [0.15, 0.2) is 46.9 Å². The highest BCUT2D eigenvalue weighted by molar-refractivity contribution is 7.92. The number of carbonyl (C=O) groups is 1. The highest BCUT2D eigenvalue weighted by atomic mass is 32.2. The third-order valence-electron chi connectivity index (χ3n) is 6.36. The molecule has 1 amide bonds. The molecule has 38 heavy (non-hydrogen) atoms. The topological polar surface area (TPSA) is 99.8 Å². The summed E-state index contributed by atoms with van der Waals surface area (Å²) in [5.74, 6) is -2.02. The quantitative estimate of drug-likeness (QED) is 0.399. The predicted molar refractivity (Wildman–Crippen MR) is 134 cm³/mol. The third kappa shape index (κ3) is 6.33. The van der Waals surface area contributed by atoms with Crippen LogP contribution in [0.3, 0.4) is 0 Å². The van der Waals surface area contributed by atoms with Crippen LogP contribution in [-0.2, 0) is 27.9 Å². The molecule has 0 bridgehead atoms. The van der Waals surface area contributed by atoms with Crippen molar-refractivity contribution in [3.8, 4) is 11.5 Å². The van der Waals surface area contributed by atoms with Gasteiger partial charge < -0.3 is 9.32 Å². The maximum atomic E-state index is 15.1. The summed E-state index contributed by atoms with van der Waals surface area (Å²) in [5, 5.41) is 6.76. The molecule has 0 spiro atoms. The van der Waals surface area contributed by atoms with Crippen molar-refractivity contribution in [2.75, 3.05) is 36.2 Å². The van der Waals surface area contributed by atoms with E-state index in [1.165, 1.54) is 19.1 Å². The standard InChI is InChI=1S/C25H28F3N5O4S/c1-3-38(35,36)33(16-20-8-7-19(14-22(20)26)24-29-30-25(37-24)23(27)28)21-6-4-5-18(13-21)15-31-9-11-32(12-10-31)17(2)34/h4-8,13-14,23H,3,9-12,15-16H2,1-2H3. The average molecular weight is 552 g/mol. The Morgan fingerprint density at radius 1 is 1.11 bits per heavy atom. The van der Waals surface area contributed by atoms with E-state index in [0.717, 1.165) is 15.9 Å². The molecular formula is C25H28F3N5O4S. The lowest BCUT2D eigenvalue weighted by molar-refractivity contribution is -0.130. The minimum absolute atomic E-state index is 0.0438. The molecule has 0 radical (unpaired) electrons. The van der Waals surface area contributed by atoms with Gasteiger partial charge in [-0.25, -0.2) is 12.8 Å². The highest BCUT2D eigenvalue weighted by Crippen LogP contribution is 2.28. The van der Waals surface area contributed by atoms with Crippen molar-refractivity contribution in [3.05, 3.63) is 65.3 Å². The smallest absolute Gasteiger partial charge is 0.314 e. The fraction of sp³-hybridized carbons (Fsp3) is 0.400. The Morgan fingerprint density at radius 2 is 1.84 bits per heavy atom. The van der Waals surface area contributed by atoms with Gasteiger partial charge in [0.15, 0.2) is 0 Å². The van der Waals surface area contributed by atoms with E-state index < -0.39 is 28.2 Å². The molecule has 1 fully saturated rings. The lowest BCUT2D eigenvalue weighted by Crippen LogP contribution is -2.47. The second-order valence-electron chi connectivity index (χ2n) is 8.91. The molecule has 3 aromatic rings. The number of rotatable bonds is 9. The monoisotopic (exact) mass is 551 g/mol. The molecule has 1 aromatic heterocycles. The van der Waals surface area contributed by atoms with Crippen LogP contribution in [0.25, 0.3) is 11.5 Å². The fourth-order valence-corrected chi connectivity index (χ4v) is 5.28. The van der Waals surface area contributed by atoms with Crippen LogP contribution >= 0.6 is 0 Å². The number of alkyl halides is 2. The molecule has 4 rings (SSSR count). The molecule has 1 aliphatic heterocycles. The summed E-state index contributed by atoms with van der Waals surface area (Å²) in [4.78, 5) is 15.6.